The molecule has 1 aromatic heterocycles. The molecule has 0 aliphatic carbocycles. The topological polar surface area (TPSA) is 90.1 Å². The Bertz CT molecular complexity index is 673. The molecule has 0 bridgehead atoms. The molecule has 23 heavy (non-hydrogen) atoms. The fraction of sp³-hybridized carbons (Fsp3) is 0.312. The van der Waals surface area contributed by atoms with E-state index in [0.717, 1.165) is 11.1 Å². The first kappa shape index (κ1) is 17.0. The maximum Gasteiger partial charge on any atom is 0.310 e. The first-order valence-electron chi connectivity index (χ1n) is 7.15. The van der Waals surface area contributed by atoms with Gasteiger partial charge in [0.2, 0.25) is 5.95 Å². The quantitative estimate of drug-likeness (QED) is 0.623. The maximum absolute atomic E-state index is 12.0. The van der Waals surface area contributed by atoms with Crippen LogP contribution in [0.25, 0.3) is 0 Å². The van der Waals surface area contributed by atoms with Crippen LogP contribution in [-0.2, 0) is 16.0 Å². The Morgan fingerprint density at radius 1 is 1.39 bits per heavy atom. The van der Waals surface area contributed by atoms with Gasteiger partial charge in [0.15, 0.2) is 0 Å². The highest BCUT2D eigenvalue weighted by atomic mass is 35.5. The van der Waals surface area contributed by atoms with E-state index < -0.39 is 0 Å². The molecule has 0 aliphatic rings. The third-order valence-corrected chi connectivity index (χ3v) is 3.53. The molecule has 1 heterocycles. The number of nitrogens with zero attached hydrogens (tertiary/aromatic N) is 2. The summed E-state index contributed by atoms with van der Waals surface area (Å²) in [5.74, 6) is -0.0853. The number of rotatable bonds is 6. The van der Waals surface area contributed by atoms with Crippen molar-refractivity contribution in [3.8, 4) is 0 Å². The average molecular weight is 335 g/mol. The molecule has 3 N–H and O–H groups in total. The maximum atomic E-state index is 12.0. The van der Waals surface area contributed by atoms with Crippen LogP contribution in [0.5, 0.6) is 0 Å². The zero-order valence-electron chi connectivity index (χ0n) is 13.0. The molecular formula is C16H19ClN4O2. The van der Waals surface area contributed by atoms with Crippen LogP contribution in [0.4, 0.5) is 11.8 Å². The van der Waals surface area contributed by atoms with E-state index in [1.807, 2.05) is 25.1 Å². The standard InChI is InChI=1S/C16H19ClN4O2/c1-10-4-3-5-11(6-10)7-12(15(22)23-2)9-19-14-8-13(17)20-16(18)21-14/h3-6,8,12H,7,9H2,1-2H3,(H3,18,19,20,21). The molecule has 0 saturated carbocycles. The molecule has 0 radical (unpaired) electrons. The highest BCUT2D eigenvalue weighted by Gasteiger charge is 2.20. The number of hydrogen-bond acceptors (Lipinski definition) is 6. The first-order valence-corrected chi connectivity index (χ1v) is 7.53. The van der Waals surface area contributed by atoms with Crippen LogP contribution in [0.15, 0.2) is 30.3 Å². The van der Waals surface area contributed by atoms with Crippen LogP contribution >= 0.6 is 11.6 Å². The lowest BCUT2D eigenvalue weighted by Gasteiger charge is -2.16. The number of hydrogen-bond donors (Lipinski definition) is 2. The summed E-state index contributed by atoms with van der Waals surface area (Å²) < 4.78 is 4.89. The van der Waals surface area contributed by atoms with Gasteiger partial charge in [-0.2, -0.15) is 4.98 Å². The summed E-state index contributed by atoms with van der Waals surface area (Å²) in [7, 11) is 1.38. The molecule has 0 spiro atoms. The summed E-state index contributed by atoms with van der Waals surface area (Å²) in [5, 5.41) is 3.30. The van der Waals surface area contributed by atoms with Gasteiger partial charge in [-0.15, -0.1) is 0 Å². The molecule has 1 atom stereocenters. The smallest absolute Gasteiger partial charge is 0.310 e. The first-order chi connectivity index (χ1) is 11.0. The lowest BCUT2D eigenvalue weighted by Crippen LogP contribution is -2.27. The summed E-state index contributed by atoms with van der Waals surface area (Å²) in [5.41, 5.74) is 7.77. The van der Waals surface area contributed by atoms with Gasteiger partial charge in [0, 0.05) is 12.6 Å². The van der Waals surface area contributed by atoms with Gasteiger partial charge in [-0.3, -0.25) is 4.79 Å². The molecule has 2 rings (SSSR count). The average Bonchev–Trinajstić information content (AvgIpc) is 2.49. The van der Waals surface area contributed by atoms with Gasteiger partial charge in [0.05, 0.1) is 13.0 Å². The van der Waals surface area contributed by atoms with Crippen molar-refractivity contribution < 1.29 is 9.53 Å². The number of nitrogens with one attached hydrogen (secondary N) is 1. The van der Waals surface area contributed by atoms with Crippen molar-refractivity contribution in [1.29, 1.82) is 0 Å². The number of ether oxygens (including phenoxy) is 1. The van der Waals surface area contributed by atoms with Gasteiger partial charge in [-0.05, 0) is 18.9 Å². The second-order valence-electron chi connectivity index (χ2n) is 5.23. The summed E-state index contributed by atoms with van der Waals surface area (Å²) in [6.07, 6.45) is 0.565. The minimum Gasteiger partial charge on any atom is -0.469 e. The van der Waals surface area contributed by atoms with Crippen LogP contribution in [0, 0.1) is 12.8 Å². The molecule has 0 aliphatic heterocycles. The van der Waals surface area contributed by atoms with E-state index in [4.69, 9.17) is 22.1 Å². The van der Waals surface area contributed by atoms with E-state index in [1.165, 1.54) is 7.11 Å². The lowest BCUT2D eigenvalue weighted by atomic mass is 9.98. The molecule has 6 nitrogen and oxygen atoms in total. The van der Waals surface area contributed by atoms with E-state index >= 15 is 0 Å². The third kappa shape index (κ3) is 5.10. The summed E-state index contributed by atoms with van der Waals surface area (Å²) in [6.45, 7) is 2.37. The normalized spacial score (nSPS) is 11.8. The molecule has 2 aromatic rings. The van der Waals surface area contributed by atoms with Gasteiger partial charge in [0.1, 0.15) is 11.0 Å². The Kier molecular flexibility index (Phi) is 5.76. The van der Waals surface area contributed by atoms with Crippen LogP contribution in [-0.4, -0.2) is 29.6 Å². The zero-order valence-corrected chi connectivity index (χ0v) is 13.8. The molecule has 0 amide bonds. The molecule has 1 aromatic carbocycles. The van der Waals surface area contributed by atoms with Gasteiger partial charge in [-0.25, -0.2) is 4.98 Å². The van der Waals surface area contributed by atoms with Crippen molar-refractivity contribution >= 4 is 29.3 Å². The second kappa shape index (κ2) is 7.78. The minimum absolute atomic E-state index is 0.0771. The Morgan fingerprint density at radius 3 is 2.83 bits per heavy atom. The number of methoxy groups -OCH3 is 1. The second-order valence-corrected chi connectivity index (χ2v) is 5.62. The van der Waals surface area contributed by atoms with Gasteiger partial charge >= 0.3 is 5.97 Å². The Labute approximate surface area is 140 Å². The predicted octanol–water partition coefficient (Wildman–Crippen LogP) is 2.46. The van der Waals surface area contributed by atoms with Crippen LogP contribution in [0.2, 0.25) is 5.15 Å². The van der Waals surface area contributed by atoms with Gasteiger partial charge < -0.3 is 15.8 Å². The number of carbonyl (C=O) groups is 1. The number of anilines is 2. The largest absolute Gasteiger partial charge is 0.469 e. The van der Waals surface area contributed by atoms with E-state index in [0.29, 0.717) is 18.8 Å². The highest BCUT2D eigenvalue weighted by molar-refractivity contribution is 6.29. The SMILES string of the molecule is COC(=O)C(CNc1cc(Cl)nc(N)n1)Cc1cccc(C)c1. The van der Waals surface area contributed by atoms with Crippen LogP contribution < -0.4 is 11.1 Å². The van der Waals surface area contributed by atoms with E-state index in [9.17, 15) is 4.79 Å². The lowest BCUT2D eigenvalue weighted by molar-refractivity contribution is -0.144. The van der Waals surface area contributed by atoms with Crippen molar-refractivity contribution in [1.82, 2.24) is 9.97 Å². The number of halogens is 1. The highest BCUT2D eigenvalue weighted by Crippen LogP contribution is 2.16. The molecule has 7 heteroatoms. The van der Waals surface area contributed by atoms with E-state index in [2.05, 4.69) is 21.4 Å². The molecule has 0 fully saturated rings. The Balaban J connectivity index is 2.08. The number of esters is 1. The Morgan fingerprint density at radius 2 is 2.17 bits per heavy atom. The third-order valence-electron chi connectivity index (χ3n) is 3.34. The van der Waals surface area contributed by atoms with Crippen molar-refractivity contribution in [2.24, 2.45) is 5.92 Å². The van der Waals surface area contributed by atoms with E-state index in [-0.39, 0.29) is 23.0 Å². The summed E-state index contributed by atoms with van der Waals surface area (Å²) >= 11 is 5.84. The number of carbonyl (C=O) groups excluding carboxylic acids is 1. The zero-order chi connectivity index (χ0) is 16.8. The number of aromatic nitrogens is 2. The summed E-state index contributed by atoms with van der Waals surface area (Å²) in [6, 6.07) is 9.58. The number of nitrogens with two attached hydrogens (primary N) is 1. The number of nitrogen functional groups attached to an aromatic ring is 1. The van der Waals surface area contributed by atoms with Gasteiger partial charge in [-0.1, -0.05) is 41.4 Å². The monoisotopic (exact) mass is 334 g/mol. The fourth-order valence-electron chi connectivity index (χ4n) is 2.28. The molecule has 1 unspecified atom stereocenters. The van der Waals surface area contributed by atoms with Crippen LogP contribution in [0.3, 0.4) is 0 Å². The molecule has 0 saturated heterocycles. The van der Waals surface area contributed by atoms with Crippen molar-refractivity contribution in [2.45, 2.75) is 13.3 Å². The van der Waals surface area contributed by atoms with Crippen molar-refractivity contribution in [2.75, 3.05) is 24.7 Å². The predicted molar refractivity (Wildman–Crippen MR) is 90.3 cm³/mol. The molecular weight excluding hydrogens is 316 g/mol. The van der Waals surface area contributed by atoms with Gasteiger partial charge in [0.25, 0.3) is 0 Å². The number of benzene rings is 1. The Hall–Kier alpha value is -2.34. The van der Waals surface area contributed by atoms with Crippen molar-refractivity contribution in [3.63, 3.8) is 0 Å². The summed E-state index contributed by atoms with van der Waals surface area (Å²) in [4.78, 5) is 19.8. The van der Waals surface area contributed by atoms with E-state index in [1.54, 1.807) is 6.07 Å². The van der Waals surface area contributed by atoms with Crippen molar-refractivity contribution in [3.05, 3.63) is 46.6 Å². The molecule has 122 valence electrons. The number of aryl methyl sites for hydroxylation is 1. The van der Waals surface area contributed by atoms with Crippen LogP contribution in [0.1, 0.15) is 11.1 Å². The minimum atomic E-state index is -0.350. The fourth-order valence-corrected chi connectivity index (χ4v) is 2.47.